The molecule has 1 aromatic carbocycles. The van der Waals surface area contributed by atoms with Crippen LogP contribution in [-0.2, 0) is 0 Å². The minimum atomic E-state index is -0.180. The molecular formula is C17H20N4O2. The van der Waals surface area contributed by atoms with Crippen molar-refractivity contribution in [3.8, 4) is 17.0 Å². The van der Waals surface area contributed by atoms with Crippen LogP contribution in [0.3, 0.4) is 0 Å². The number of nitrogens with one attached hydrogen (secondary N) is 2. The third-order valence-electron chi connectivity index (χ3n) is 3.64. The number of hydrogen-bond donors (Lipinski definition) is 3. The number of fused-ring (bicyclic) bond motifs is 1. The fourth-order valence-electron chi connectivity index (χ4n) is 2.44. The Labute approximate surface area is 133 Å². The zero-order valence-corrected chi connectivity index (χ0v) is 13.2. The number of nitrogens with zero attached hydrogens (tertiary/aromatic N) is 1. The zero-order valence-electron chi connectivity index (χ0n) is 13.2. The van der Waals surface area contributed by atoms with E-state index in [-0.39, 0.29) is 5.56 Å². The Morgan fingerprint density at radius 2 is 2.09 bits per heavy atom. The molecule has 3 aromatic rings. The normalized spacial score (nSPS) is 11.3. The van der Waals surface area contributed by atoms with Gasteiger partial charge in [-0.2, -0.15) is 0 Å². The van der Waals surface area contributed by atoms with E-state index in [0.29, 0.717) is 17.9 Å². The molecule has 0 atom stereocenters. The number of hydrogen-bond acceptors (Lipinski definition) is 4. The number of benzene rings is 1. The summed E-state index contributed by atoms with van der Waals surface area (Å²) in [6.07, 6.45) is 1.49. The van der Waals surface area contributed by atoms with Gasteiger partial charge in [-0.3, -0.25) is 4.79 Å². The largest absolute Gasteiger partial charge is 0.492 e. The van der Waals surface area contributed by atoms with E-state index < -0.39 is 0 Å². The highest BCUT2D eigenvalue weighted by Crippen LogP contribution is 2.29. The number of nitrogen functional groups attached to an aromatic ring is 1. The molecule has 0 unspecified atom stereocenters. The summed E-state index contributed by atoms with van der Waals surface area (Å²) < 4.78 is 5.86. The summed E-state index contributed by atoms with van der Waals surface area (Å²) in [5.41, 5.74) is 8.26. The molecule has 0 bridgehead atoms. The standard InChI is InChI=1S/C17H20N4O2/c1-21(2)6-7-23-16-5-3-4-14-12(16)9-15(20-14)13-8-11(18)10-19-17(13)22/h3-5,8-10,20H,6-7,18H2,1-2H3,(H,19,22). The van der Waals surface area contributed by atoms with E-state index in [1.165, 1.54) is 6.20 Å². The van der Waals surface area contributed by atoms with Crippen LogP contribution in [0.1, 0.15) is 0 Å². The molecule has 6 nitrogen and oxygen atoms in total. The molecule has 0 amide bonds. The van der Waals surface area contributed by atoms with Crippen LogP contribution >= 0.6 is 0 Å². The van der Waals surface area contributed by atoms with Crippen LogP contribution in [0.15, 0.2) is 41.3 Å². The second-order valence-electron chi connectivity index (χ2n) is 5.73. The molecule has 0 saturated carbocycles. The maximum absolute atomic E-state index is 12.0. The monoisotopic (exact) mass is 312 g/mol. The lowest BCUT2D eigenvalue weighted by Gasteiger charge is -2.11. The molecule has 0 aliphatic heterocycles. The topological polar surface area (TPSA) is 87.1 Å². The van der Waals surface area contributed by atoms with Crippen molar-refractivity contribution in [1.29, 1.82) is 0 Å². The average molecular weight is 312 g/mol. The van der Waals surface area contributed by atoms with Gasteiger partial charge in [0.15, 0.2) is 0 Å². The minimum Gasteiger partial charge on any atom is -0.492 e. The van der Waals surface area contributed by atoms with Crippen molar-refractivity contribution in [2.75, 3.05) is 33.0 Å². The fraction of sp³-hybridized carbons (Fsp3) is 0.235. The van der Waals surface area contributed by atoms with E-state index >= 15 is 0 Å². The van der Waals surface area contributed by atoms with Gasteiger partial charge in [-0.05, 0) is 38.4 Å². The molecule has 0 fully saturated rings. The Bertz CT molecular complexity index is 880. The number of nitrogens with two attached hydrogens (primary N) is 1. The molecule has 120 valence electrons. The molecule has 4 N–H and O–H groups in total. The molecule has 0 saturated heterocycles. The van der Waals surface area contributed by atoms with Gasteiger partial charge in [0, 0.05) is 29.3 Å². The van der Waals surface area contributed by atoms with Crippen molar-refractivity contribution in [3.05, 3.63) is 46.9 Å². The van der Waals surface area contributed by atoms with Gasteiger partial charge in [-0.25, -0.2) is 0 Å². The Morgan fingerprint density at radius 3 is 2.87 bits per heavy atom. The van der Waals surface area contributed by atoms with Crippen molar-refractivity contribution >= 4 is 16.6 Å². The lowest BCUT2D eigenvalue weighted by Crippen LogP contribution is -2.19. The van der Waals surface area contributed by atoms with Crippen LogP contribution in [0.25, 0.3) is 22.2 Å². The number of ether oxygens (including phenoxy) is 1. The van der Waals surface area contributed by atoms with Gasteiger partial charge in [0.1, 0.15) is 12.4 Å². The number of aromatic nitrogens is 2. The third kappa shape index (κ3) is 3.22. The van der Waals surface area contributed by atoms with Gasteiger partial charge >= 0.3 is 0 Å². The highest BCUT2D eigenvalue weighted by atomic mass is 16.5. The predicted molar refractivity (Wildman–Crippen MR) is 92.8 cm³/mol. The number of pyridine rings is 1. The van der Waals surface area contributed by atoms with E-state index in [4.69, 9.17) is 10.5 Å². The molecule has 0 aliphatic carbocycles. The van der Waals surface area contributed by atoms with Gasteiger partial charge in [0.05, 0.1) is 11.3 Å². The number of likely N-dealkylation sites (N-methyl/N-ethyl adjacent to an activating group) is 1. The summed E-state index contributed by atoms with van der Waals surface area (Å²) in [5, 5.41) is 0.947. The number of anilines is 1. The smallest absolute Gasteiger partial charge is 0.257 e. The third-order valence-corrected chi connectivity index (χ3v) is 3.64. The highest BCUT2D eigenvalue weighted by Gasteiger charge is 2.11. The van der Waals surface area contributed by atoms with Crippen LogP contribution in [0.4, 0.5) is 5.69 Å². The Kier molecular flexibility index (Phi) is 4.08. The van der Waals surface area contributed by atoms with E-state index in [1.54, 1.807) is 6.07 Å². The first-order valence-electron chi connectivity index (χ1n) is 7.42. The molecule has 2 aromatic heterocycles. The number of H-pyrrole nitrogens is 2. The summed E-state index contributed by atoms with van der Waals surface area (Å²) in [4.78, 5) is 20.0. The summed E-state index contributed by atoms with van der Waals surface area (Å²) in [7, 11) is 4.01. The van der Waals surface area contributed by atoms with Crippen LogP contribution in [0.5, 0.6) is 5.75 Å². The average Bonchev–Trinajstić information content (AvgIpc) is 2.94. The van der Waals surface area contributed by atoms with Gasteiger partial charge in [0.2, 0.25) is 0 Å². The van der Waals surface area contributed by atoms with Crippen LogP contribution in [0, 0.1) is 0 Å². The summed E-state index contributed by atoms with van der Waals surface area (Å²) in [5.74, 6) is 0.798. The first-order chi connectivity index (χ1) is 11.0. The molecular weight excluding hydrogens is 292 g/mol. The van der Waals surface area contributed by atoms with E-state index in [1.807, 2.05) is 38.4 Å². The molecule has 6 heteroatoms. The molecule has 0 spiro atoms. The molecule has 3 rings (SSSR count). The highest BCUT2D eigenvalue weighted by molar-refractivity contribution is 5.90. The summed E-state index contributed by atoms with van der Waals surface area (Å²) in [6.45, 7) is 1.44. The van der Waals surface area contributed by atoms with E-state index in [9.17, 15) is 4.79 Å². The molecule has 23 heavy (non-hydrogen) atoms. The van der Waals surface area contributed by atoms with Crippen molar-refractivity contribution in [1.82, 2.24) is 14.9 Å². The van der Waals surface area contributed by atoms with Crippen molar-refractivity contribution in [2.24, 2.45) is 0 Å². The van der Waals surface area contributed by atoms with Crippen LogP contribution in [0.2, 0.25) is 0 Å². The quantitative estimate of drug-likeness (QED) is 0.673. The summed E-state index contributed by atoms with van der Waals surface area (Å²) >= 11 is 0. The fourth-order valence-corrected chi connectivity index (χ4v) is 2.44. The first-order valence-corrected chi connectivity index (χ1v) is 7.42. The van der Waals surface area contributed by atoms with Crippen molar-refractivity contribution < 1.29 is 4.74 Å². The van der Waals surface area contributed by atoms with Crippen LogP contribution in [-0.4, -0.2) is 42.1 Å². The minimum absolute atomic E-state index is 0.180. The van der Waals surface area contributed by atoms with Gasteiger partial charge in [-0.15, -0.1) is 0 Å². The molecule has 2 heterocycles. The SMILES string of the molecule is CN(C)CCOc1cccc2[nH]c(-c3cc(N)c[nH]c3=O)cc12. The number of rotatable bonds is 5. The molecule has 0 aliphatic rings. The Hall–Kier alpha value is -2.73. The molecule has 0 radical (unpaired) electrons. The zero-order chi connectivity index (χ0) is 16.4. The van der Waals surface area contributed by atoms with Gasteiger partial charge < -0.3 is 25.3 Å². The Morgan fingerprint density at radius 1 is 1.26 bits per heavy atom. The second-order valence-corrected chi connectivity index (χ2v) is 5.73. The maximum Gasteiger partial charge on any atom is 0.257 e. The van der Waals surface area contributed by atoms with Crippen LogP contribution < -0.4 is 16.0 Å². The van der Waals surface area contributed by atoms with Gasteiger partial charge in [0.25, 0.3) is 5.56 Å². The predicted octanol–water partition coefficient (Wildman–Crippen LogP) is 2.05. The lowest BCUT2D eigenvalue weighted by atomic mass is 10.2. The number of aromatic amines is 2. The summed E-state index contributed by atoms with van der Waals surface area (Å²) in [6, 6.07) is 9.40. The van der Waals surface area contributed by atoms with E-state index in [2.05, 4.69) is 14.9 Å². The first kappa shape index (κ1) is 15.2. The van der Waals surface area contributed by atoms with Crippen molar-refractivity contribution in [3.63, 3.8) is 0 Å². The lowest BCUT2D eigenvalue weighted by molar-refractivity contribution is 0.263. The van der Waals surface area contributed by atoms with Crippen molar-refractivity contribution in [2.45, 2.75) is 0 Å². The second kappa shape index (κ2) is 6.18. The maximum atomic E-state index is 12.0. The Balaban J connectivity index is 1.98. The van der Waals surface area contributed by atoms with E-state index in [0.717, 1.165) is 28.9 Å². The van der Waals surface area contributed by atoms with Gasteiger partial charge in [-0.1, -0.05) is 6.07 Å².